The SMILES string of the molecule is NC1(CNC(=O)c2cccc(-c3ccn[nH]3)c2)CC1. The summed E-state index contributed by atoms with van der Waals surface area (Å²) in [6.07, 6.45) is 3.66. The fourth-order valence-corrected chi connectivity index (χ4v) is 1.94. The molecular formula is C14H16N4O. The van der Waals surface area contributed by atoms with Gasteiger partial charge >= 0.3 is 0 Å². The zero-order valence-corrected chi connectivity index (χ0v) is 10.5. The van der Waals surface area contributed by atoms with Gasteiger partial charge in [-0.05, 0) is 31.0 Å². The Bertz CT molecular complexity index is 587. The van der Waals surface area contributed by atoms with Gasteiger partial charge in [0.2, 0.25) is 0 Å². The summed E-state index contributed by atoms with van der Waals surface area (Å²) >= 11 is 0. The first-order valence-corrected chi connectivity index (χ1v) is 6.33. The summed E-state index contributed by atoms with van der Waals surface area (Å²) in [5, 5.41) is 9.68. The van der Waals surface area contributed by atoms with Gasteiger partial charge in [-0.3, -0.25) is 9.89 Å². The van der Waals surface area contributed by atoms with Crippen molar-refractivity contribution in [2.45, 2.75) is 18.4 Å². The van der Waals surface area contributed by atoms with Gasteiger partial charge in [0, 0.05) is 29.4 Å². The molecule has 98 valence electrons. The van der Waals surface area contributed by atoms with Gasteiger partial charge in [0.15, 0.2) is 0 Å². The summed E-state index contributed by atoms with van der Waals surface area (Å²) in [6, 6.07) is 9.32. The molecule has 0 radical (unpaired) electrons. The molecule has 0 aliphatic heterocycles. The van der Waals surface area contributed by atoms with E-state index in [1.807, 2.05) is 24.3 Å². The highest BCUT2D eigenvalue weighted by Crippen LogP contribution is 2.31. The second kappa shape index (κ2) is 4.51. The molecule has 2 aromatic rings. The summed E-state index contributed by atoms with van der Waals surface area (Å²) in [7, 11) is 0. The predicted octanol–water partition coefficient (Wildman–Crippen LogP) is 1.30. The molecule has 1 saturated carbocycles. The first kappa shape index (κ1) is 11.9. The average Bonchev–Trinajstić information content (AvgIpc) is 2.95. The summed E-state index contributed by atoms with van der Waals surface area (Å²) in [5.41, 5.74) is 8.26. The zero-order chi connectivity index (χ0) is 13.3. The topological polar surface area (TPSA) is 83.8 Å². The number of H-pyrrole nitrogens is 1. The van der Waals surface area contributed by atoms with Gasteiger partial charge in [-0.2, -0.15) is 5.10 Å². The minimum atomic E-state index is -0.170. The minimum absolute atomic E-state index is 0.0851. The van der Waals surface area contributed by atoms with Crippen LogP contribution in [0.5, 0.6) is 0 Å². The maximum atomic E-state index is 12.0. The molecule has 4 N–H and O–H groups in total. The van der Waals surface area contributed by atoms with Gasteiger partial charge in [0.05, 0.1) is 5.69 Å². The molecule has 1 aromatic carbocycles. The van der Waals surface area contributed by atoms with Crippen LogP contribution in [0.2, 0.25) is 0 Å². The van der Waals surface area contributed by atoms with Gasteiger partial charge in [-0.1, -0.05) is 12.1 Å². The molecule has 19 heavy (non-hydrogen) atoms. The molecule has 0 atom stereocenters. The average molecular weight is 256 g/mol. The fourth-order valence-electron chi connectivity index (χ4n) is 1.94. The van der Waals surface area contributed by atoms with E-state index < -0.39 is 0 Å². The molecule has 1 fully saturated rings. The molecule has 5 nitrogen and oxygen atoms in total. The molecule has 1 amide bonds. The number of aromatic nitrogens is 2. The summed E-state index contributed by atoms with van der Waals surface area (Å²) in [4.78, 5) is 12.0. The van der Waals surface area contributed by atoms with Crippen molar-refractivity contribution in [1.29, 1.82) is 0 Å². The van der Waals surface area contributed by atoms with Crippen molar-refractivity contribution in [3.8, 4) is 11.3 Å². The second-order valence-electron chi connectivity index (χ2n) is 5.10. The Morgan fingerprint density at radius 3 is 2.95 bits per heavy atom. The highest BCUT2D eigenvalue weighted by atomic mass is 16.1. The third-order valence-corrected chi connectivity index (χ3v) is 3.43. The van der Waals surface area contributed by atoms with Crippen LogP contribution in [0.1, 0.15) is 23.2 Å². The summed E-state index contributed by atoms with van der Waals surface area (Å²) in [6.45, 7) is 0.542. The van der Waals surface area contributed by atoms with Crippen molar-refractivity contribution in [2.75, 3.05) is 6.54 Å². The molecule has 1 aliphatic rings. The van der Waals surface area contributed by atoms with E-state index in [0.717, 1.165) is 24.1 Å². The molecule has 0 unspecified atom stereocenters. The number of benzene rings is 1. The van der Waals surface area contributed by atoms with Gasteiger partial charge in [-0.25, -0.2) is 0 Å². The summed E-state index contributed by atoms with van der Waals surface area (Å²) in [5.74, 6) is -0.0851. The molecule has 1 heterocycles. The van der Waals surface area contributed by atoms with Crippen LogP contribution in [0.3, 0.4) is 0 Å². The molecule has 0 saturated heterocycles. The lowest BCUT2D eigenvalue weighted by Gasteiger charge is -2.10. The number of carbonyl (C=O) groups is 1. The first-order chi connectivity index (χ1) is 9.16. The molecular weight excluding hydrogens is 240 g/mol. The number of hydrogen-bond donors (Lipinski definition) is 3. The molecule has 3 rings (SSSR count). The number of nitrogens with two attached hydrogens (primary N) is 1. The van der Waals surface area contributed by atoms with Crippen molar-refractivity contribution in [1.82, 2.24) is 15.5 Å². The van der Waals surface area contributed by atoms with Gasteiger partial charge in [0.25, 0.3) is 5.91 Å². The smallest absolute Gasteiger partial charge is 0.251 e. The largest absolute Gasteiger partial charge is 0.350 e. The Kier molecular flexibility index (Phi) is 2.83. The highest BCUT2D eigenvalue weighted by molar-refractivity contribution is 5.95. The van der Waals surface area contributed by atoms with E-state index in [1.54, 1.807) is 12.3 Å². The molecule has 1 aliphatic carbocycles. The van der Waals surface area contributed by atoms with Crippen molar-refractivity contribution >= 4 is 5.91 Å². The van der Waals surface area contributed by atoms with E-state index in [2.05, 4.69) is 15.5 Å². The van der Waals surface area contributed by atoms with Gasteiger partial charge in [0.1, 0.15) is 0 Å². The maximum absolute atomic E-state index is 12.0. The van der Waals surface area contributed by atoms with E-state index in [9.17, 15) is 4.79 Å². The Morgan fingerprint density at radius 1 is 1.42 bits per heavy atom. The molecule has 1 aromatic heterocycles. The van der Waals surface area contributed by atoms with Crippen molar-refractivity contribution in [2.24, 2.45) is 5.73 Å². The summed E-state index contributed by atoms with van der Waals surface area (Å²) < 4.78 is 0. The number of amides is 1. The highest BCUT2D eigenvalue weighted by Gasteiger charge is 2.38. The minimum Gasteiger partial charge on any atom is -0.350 e. The Labute approximate surface area is 111 Å². The predicted molar refractivity (Wildman–Crippen MR) is 72.5 cm³/mol. The third-order valence-electron chi connectivity index (χ3n) is 3.43. The zero-order valence-electron chi connectivity index (χ0n) is 10.5. The van der Waals surface area contributed by atoms with Crippen LogP contribution < -0.4 is 11.1 Å². The van der Waals surface area contributed by atoms with E-state index >= 15 is 0 Å². The number of rotatable bonds is 4. The molecule has 0 spiro atoms. The molecule has 0 bridgehead atoms. The van der Waals surface area contributed by atoms with E-state index in [1.165, 1.54) is 0 Å². The third kappa shape index (κ3) is 2.66. The monoisotopic (exact) mass is 256 g/mol. The van der Waals surface area contributed by atoms with Crippen LogP contribution in [-0.4, -0.2) is 28.2 Å². The maximum Gasteiger partial charge on any atom is 0.251 e. The number of hydrogen-bond acceptors (Lipinski definition) is 3. The lowest BCUT2D eigenvalue weighted by atomic mass is 10.1. The normalized spacial score (nSPS) is 16.1. The van der Waals surface area contributed by atoms with Gasteiger partial charge in [-0.15, -0.1) is 0 Å². The van der Waals surface area contributed by atoms with Crippen molar-refractivity contribution < 1.29 is 4.79 Å². The number of carbonyl (C=O) groups excluding carboxylic acids is 1. The lowest BCUT2D eigenvalue weighted by Crippen LogP contribution is -2.38. The van der Waals surface area contributed by atoms with Crippen LogP contribution in [0.15, 0.2) is 36.5 Å². The fraction of sp³-hybridized carbons (Fsp3) is 0.286. The first-order valence-electron chi connectivity index (χ1n) is 6.33. The van der Waals surface area contributed by atoms with Crippen molar-refractivity contribution in [3.05, 3.63) is 42.1 Å². The Balaban J connectivity index is 1.73. The molecule has 5 heteroatoms. The quantitative estimate of drug-likeness (QED) is 0.771. The Morgan fingerprint density at radius 2 is 2.26 bits per heavy atom. The standard InChI is InChI=1S/C14H16N4O/c15-14(5-6-14)9-16-13(19)11-3-1-2-10(8-11)12-4-7-17-18-12/h1-4,7-8H,5-6,9,15H2,(H,16,19)(H,17,18). The van der Waals surface area contributed by atoms with Crippen molar-refractivity contribution in [3.63, 3.8) is 0 Å². The van der Waals surface area contributed by atoms with Gasteiger partial charge < -0.3 is 11.1 Å². The second-order valence-corrected chi connectivity index (χ2v) is 5.10. The van der Waals surface area contributed by atoms with Crippen LogP contribution in [0.25, 0.3) is 11.3 Å². The van der Waals surface area contributed by atoms with Crippen LogP contribution in [-0.2, 0) is 0 Å². The van der Waals surface area contributed by atoms with E-state index in [4.69, 9.17) is 5.73 Å². The number of aromatic amines is 1. The van der Waals surface area contributed by atoms with Crippen LogP contribution >= 0.6 is 0 Å². The van der Waals surface area contributed by atoms with Crippen LogP contribution in [0.4, 0.5) is 0 Å². The van der Waals surface area contributed by atoms with E-state index in [-0.39, 0.29) is 11.4 Å². The lowest BCUT2D eigenvalue weighted by molar-refractivity contribution is 0.0950. The van der Waals surface area contributed by atoms with E-state index in [0.29, 0.717) is 12.1 Å². The Hall–Kier alpha value is -2.14. The van der Waals surface area contributed by atoms with Crippen LogP contribution in [0, 0.1) is 0 Å². The number of nitrogens with one attached hydrogen (secondary N) is 2. The number of nitrogens with zero attached hydrogens (tertiary/aromatic N) is 1.